The summed E-state index contributed by atoms with van der Waals surface area (Å²) in [6.07, 6.45) is 1.16. The Hall–Kier alpha value is -1.31. The third kappa shape index (κ3) is 4.69. The lowest BCUT2D eigenvalue weighted by Gasteiger charge is -1.81. The zero-order valence-electron chi connectivity index (χ0n) is 3.33. The minimum absolute atomic E-state index is 0.733. The first-order valence-electron chi connectivity index (χ1n) is 1.40. The summed E-state index contributed by atoms with van der Waals surface area (Å²) in [6.45, 7) is -0.740. The highest BCUT2D eigenvalue weighted by molar-refractivity contribution is 4.41. The average molecular weight is 102 g/mol. The van der Waals surface area contributed by atoms with Crippen LogP contribution >= 0.6 is 0 Å². The molecule has 0 aromatic rings. The summed E-state index contributed by atoms with van der Waals surface area (Å²) in [5, 5.41) is 16.8. The molecule has 0 amide bonds. The maximum Gasteiger partial charge on any atom is 0.354 e. The molecular formula is C2H2N2O3. The molecule has 0 aromatic carbocycles. The largest absolute Gasteiger partial charge is 0.359 e. The Bertz CT molecular complexity index is 104. The van der Waals surface area contributed by atoms with Gasteiger partial charge in [0, 0.05) is 0 Å². The zero-order chi connectivity index (χ0) is 5.70. The van der Waals surface area contributed by atoms with Crippen LogP contribution in [0.15, 0.2) is 0 Å². The van der Waals surface area contributed by atoms with E-state index in [1.165, 1.54) is 0 Å². The van der Waals surface area contributed by atoms with Gasteiger partial charge in [-0.2, -0.15) is 5.26 Å². The Morgan fingerprint density at radius 2 is 2.57 bits per heavy atom. The van der Waals surface area contributed by atoms with E-state index in [0.29, 0.717) is 0 Å². The SMILES string of the molecule is N#COC[N+](=O)[O-]. The van der Waals surface area contributed by atoms with Crippen molar-refractivity contribution in [2.45, 2.75) is 0 Å². The molecule has 0 unspecified atom stereocenters. The van der Waals surface area contributed by atoms with Crippen molar-refractivity contribution < 1.29 is 9.66 Å². The standard InChI is InChI=1S/C2H2N2O3/c3-1-7-2-4(5)6/h2H2. The molecule has 0 atom stereocenters. The fourth-order valence-electron chi connectivity index (χ4n) is 0.0816. The van der Waals surface area contributed by atoms with Crippen molar-refractivity contribution in [3.05, 3.63) is 10.1 Å². The summed E-state index contributed by atoms with van der Waals surface area (Å²) < 4.78 is 3.70. The summed E-state index contributed by atoms with van der Waals surface area (Å²) in [6, 6.07) is 0. The van der Waals surface area contributed by atoms with Gasteiger partial charge in [0.25, 0.3) is 6.26 Å². The van der Waals surface area contributed by atoms with Crippen molar-refractivity contribution >= 4 is 0 Å². The van der Waals surface area contributed by atoms with Crippen molar-refractivity contribution in [3.63, 3.8) is 0 Å². The summed E-state index contributed by atoms with van der Waals surface area (Å²) in [5.41, 5.74) is 0. The fraction of sp³-hybridized carbons (Fsp3) is 0.500. The van der Waals surface area contributed by atoms with Crippen LogP contribution in [0.2, 0.25) is 0 Å². The lowest BCUT2D eigenvalue weighted by molar-refractivity contribution is -0.518. The van der Waals surface area contributed by atoms with Gasteiger partial charge in [0.15, 0.2) is 0 Å². The molecule has 0 saturated heterocycles. The highest BCUT2D eigenvalue weighted by atomic mass is 16.7. The Balaban J connectivity index is 3.02. The number of hydrogen-bond acceptors (Lipinski definition) is 4. The molecule has 0 spiro atoms. The van der Waals surface area contributed by atoms with E-state index in [4.69, 9.17) is 5.26 Å². The molecule has 38 valence electrons. The van der Waals surface area contributed by atoms with Crippen molar-refractivity contribution in [1.82, 2.24) is 0 Å². The Kier molecular flexibility index (Phi) is 2.36. The topological polar surface area (TPSA) is 76.2 Å². The molecule has 0 radical (unpaired) electrons. The van der Waals surface area contributed by atoms with Gasteiger partial charge in [-0.1, -0.05) is 0 Å². The monoisotopic (exact) mass is 102 g/mol. The van der Waals surface area contributed by atoms with Crippen LogP contribution in [0.5, 0.6) is 0 Å². The first-order valence-corrected chi connectivity index (χ1v) is 1.40. The van der Waals surface area contributed by atoms with Crippen LogP contribution in [0.3, 0.4) is 0 Å². The maximum atomic E-state index is 9.29. The second kappa shape index (κ2) is 2.90. The number of ether oxygens (including phenoxy) is 1. The predicted molar refractivity (Wildman–Crippen MR) is 18.6 cm³/mol. The molecule has 0 aromatic heterocycles. The van der Waals surface area contributed by atoms with Gasteiger partial charge in [0.05, 0.1) is 4.92 Å². The van der Waals surface area contributed by atoms with Gasteiger partial charge >= 0.3 is 6.73 Å². The molecule has 0 N–H and O–H groups in total. The normalized spacial score (nSPS) is 6.71. The summed E-state index contributed by atoms with van der Waals surface area (Å²) in [4.78, 5) is 8.55. The van der Waals surface area contributed by atoms with Crippen LogP contribution in [0.25, 0.3) is 0 Å². The Morgan fingerprint density at radius 3 is 2.71 bits per heavy atom. The molecule has 0 aliphatic heterocycles. The molecule has 0 heterocycles. The van der Waals surface area contributed by atoms with Crippen molar-refractivity contribution in [3.8, 4) is 6.26 Å². The first kappa shape index (κ1) is 5.69. The van der Waals surface area contributed by atoms with E-state index in [9.17, 15) is 10.1 Å². The molecule has 0 fully saturated rings. The van der Waals surface area contributed by atoms with E-state index in [2.05, 4.69) is 4.74 Å². The fourth-order valence-corrected chi connectivity index (χ4v) is 0.0816. The van der Waals surface area contributed by atoms with Crippen LogP contribution < -0.4 is 0 Å². The van der Waals surface area contributed by atoms with E-state index in [1.54, 1.807) is 0 Å². The van der Waals surface area contributed by atoms with Gasteiger partial charge in [-0.25, -0.2) is 0 Å². The van der Waals surface area contributed by atoms with Crippen LogP contribution in [0.1, 0.15) is 0 Å². The average Bonchev–Trinajstić information content (AvgIpc) is 1.61. The number of nitriles is 1. The highest BCUT2D eigenvalue weighted by Gasteiger charge is 1.89. The molecule has 5 nitrogen and oxygen atoms in total. The molecule has 0 bridgehead atoms. The second-order valence-corrected chi connectivity index (χ2v) is 0.697. The van der Waals surface area contributed by atoms with Gasteiger partial charge in [-0.05, 0) is 0 Å². The third-order valence-electron chi connectivity index (χ3n) is 0.235. The predicted octanol–water partition coefficient (Wildman–Crippen LogP) is -0.282. The van der Waals surface area contributed by atoms with E-state index >= 15 is 0 Å². The molecule has 0 aliphatic rings. The molecule has 5 heteroatoms. The Morgan fingerprint density at radius 1 is 2.00 bits per heavy atom. The lowest BCUT2D eigenvalue weighted by atomic mass is 11.3. The maximum absolute atomic E-state index is 9.29. The van der Waals surface area contributed by atoms with E-state index < -0.39 is 11.7 Å². The number of nitro groups is 1. The van der Waals surface area contributed by atoms with Gasteiger partial charge in [0.1, 0.15) is 0 Å². The molecule has 7 heavy (non-hydrogen) atoms. The highest BCUT2D eigenvalue weighted by Crippen LogP contribution is 1.67. The van der Waals surface area contributed by atoms with Crippen LogP contribution in [-0.4, -0.2) is 11.7 Å². The van der Waals surface area contributed by atoms with Gasteiger partial charge in [-0.15, -0.1) is 0 Å². The van der Waals surface area contributed by atoms with Gasteiger partial charge in [-0.3, -0.25) is 10.1 Å². The van der Waals surface area contributed by atoms with E-state index in [-0.39, 0.29) is 0 Å². The smallest absolute Gasteiger partial charge is 0.354 e. The van der Waals surface area contributed by atoms with Crippen LogP contribution in [0, 0.1) is 21.6 Å². The number of nitrogens with zero attached hydrogens (tertiary/aromatic N) is 2. The summed E-state index contributed by atoms with van der Waals surface area (Å²) >= 11 is 0. The Labute approximate surface area is 39.3 Å². The lowest BCUT2D eigenvalue weighted by Crippen LogP contribution is -2.00. The van der Waals surface area contributed by atoms with Gasteiger partial charge in [0.2, 0.25) is 0 Å². The third-order valence-corrected chi connectivity index (χ3v) is 0.235. The molecular weight excluding hydrogens is 100 g/mol. The van der Waals surface area contributed by atoms with Gasteiger partial charge < -0.3 is 4.74 Å². The van der Waals surface area contributed by atoms with Crippen LogP contribution in [-0.2, 0) is 4.74 Å². The molecule has 0 rings (SSSR count). The minimum Gasteiger partial charge on any atom is -0.359 e. The zero-order valence-corrected chi connectivity index (χ0v) is 3.33. The number of hydrogen-bond donors (Lipinski definition) is 0. The van der Waals surface area contributed by atoms with E-state index in [0.717, 1.165) is 6.26 Å². The molecule has 0 aliphatic carbocycles. The second-order valence-electron chi connectivity index (χ2n) is 0.697. The van der Waals surface area contributed by atoms with Crippen LogP contribution in [0.4, 0.5) is 0 Å². The summed E-state index contributed by atoms with van der Waals surface area (Å²) in [5.74, 6) is 0. The summed E-state index contributed by atoms with van der Waals surface area (Å²) in [7, 11) is 0. The quantitative estimate of drug-likeness (QED) is 0.208. The van der Waals surface area contributed by atoms with E-state index in [1.807, 2.05) is 0 Å². The molecule has 0 saturated carbocycles. The minimum atomic E-state index is -0.740. The first-order chi connectivity index (χ1) is 3.27. The number of rotatable bonds is 2. The van der Waals surface area contributed by atoms with Crippen molar-refractivity contribution in [2.75, 3.05) is 6.73 Å². The van der Waals surface area contributed by atoms with Crippen molar-refractivity contribution in [1.29, 1.82) is 5.26 Å². The van der Waals surface area contributed by atoms with Crippen molar-refractivity contribution in [2.24, 2.45) is 0 Å².